The lowest BCUT2D eigenvalue weighted by molar-refractivity contribution is -0.139. The summed E-state index contributed by atoms with van der Waals surface area (Å²) in [4.78, 5) is 0. The minimum atomic E-state index is -0.769. The summed E-state index contributed by atoms with van der Waals surface area (Å²) in [6.45, 7) is 3.80. The Kier molecular flexibility index (Phi) is 4.17. The topological polar surface area (TPSA) is 47.9 Å². The van der Waals surface area contributed by atoms with E-state index in [1.807, 2.05) is 13.8 Å². The number of aliphatic hydroxyl groups is 1. The molecule has 0 aromatic rings. The first-order valence-corrected chi connectivity index (χ1v) is 5.13. The summed E-state index contributed by atoms with van der Waals surface area (Å²) in [6.07, 6.45) is -0.688. The van der Waals surface area contributed by atoms with E-state index in [-0.39, 0.29) is 24.7 Å². The van der Waals surface area contributed by atoms with Crippen LogP contribution in [0.1, 0.15) is 13.8 Å². The Labute approximate surface area is 92.3 Å². The quantitative estimate of drug-likeness (QED) is 0.665. The molecular formula is C10H19BO4. The third-order valence-electron chi connectivity index (χ3n) is 3.21. The van der Waals surface area contributed by atoms with Gasteiger partial charge in [0.15, 0.2) is 0 Å². The fourth-order valence-electron chi connectivity index (χ4n) is 2.20. The van der Waals surface area contributed by atoms with E-state index in [1.54, 1.807) is 14.2 Å². The largest absolute Gasteiger partial charge is 0.393 e. The maximum atomic E-state index is 9.50. The summed E-state index contributed by atoms with van der Waals surface area (Å²) >= 11 is 0. The third kappa shape index (κ3) is 1.94. The van der Waals surface area contributed by atoms with E-state index in [4.69, 9.17) is 22.1 Å². The first-order valence-electron chi connectivity index (χ1n) is 5.13. The first-order chi connectivity index (χ1) is 7.03. The number of rotatable bonds is 4. The van der Waals surface area contributed by atoms with Crippen LogP contribution < -0.4 is 0 Å². The summed E-state index contributed by atoms with van der Waals surface area (Å²) in [7, 11) is 8.94. The Morgan fingerprint density at radius 1 is 1.40 bits per heavy atom. The standard InChI is InChI=1S/C10H19BO4/c1-6(2)10(5-12)8(14-4)7(13-3)9(11)15-10/h6-9,12H,5H2,1-4H3/t7-,8+,9-,10+/m1/s1. The lowest BCUT2D eigenvalue weighted by atomic mass is 9.83. The van der Waals surface area contributed by atoms with E-state index in [0.717, 1.165) is 0 Å². The summed E-state index contributed by atoms with van der Waals surface area (Å²) in [5.41, 5.74) is -0.769. The van der Waals surface area contributed by atoms with Crippen LogP contribution in [0.5, 0.6) is 0 Å². The van der Waals surface area contributed by atoms with Gasteiger partial charge in [-0.15, -0.1) is 0 Å². The zero-order valence-corrected chi connectivity index (χ0v) is 9.77. The maximum absolute atomic E-state index is 9.50. The molecule has 1 rings (SSSR count). The van der Waals surface area contributed by atoms with E-state index < -0.39 is 11.6 Å². The van der Waals surface area contributed by atoms with Crippen molar-refractivity contribution in [1.82, 2.24) is 0 Å². The van der Waals surface area contributed by atoms with Gasteiger partial charge in [0.2, 0.25) is 0 Å². The first kappa shape index (κ1) is 13.0. The highest BCUT2D eigenvalue weighted by Crippen LogP contribution is 2.38. The van der Waals surface area contributed by atoms with Crippen LogP contribution in [0.25, 0.3) is 0 Å². The molecule has 0 aromatic carbocycles. The highest BCUT2D eigenvalue weighted by Gasteiger charge is 2.55. The molecule has 2 radical (unpaired) electrons. The summed E-state index contributed by atoms with van der Waals surface area (Å²) in [6, 6.07) is -0.561. The molecule has 0 spiro atoms. The van der Waals surface area contributed by atoms with Gasteiger partial charge in [-0.05, 0) is 5.92 Å². The lowest BCUT2D eigenvalue weighted by Gasteiger charge is -2.36. The number of aliphatic hydroxyl groups excluding tert-OH is 1. The van der Waals surface area contributed by atoms with Crippen LogP contribution in [-0.4, -0.2) is 57.6 Å². The average molecular weight is 214 g/mol. The molecule has 0 unspecified atom stereocenters. The van der Waals surface area contributed by atoms with Crippen molar-refractivity contribution in [2.45, 2.75) is 37.7 Å². The molecule has 0 saturated carbocycles. The van der Waals surface area contributed by atoms with Gasteiger partial charge < -0.3 is 19.3 Å². The van der Waals surface area contributed by atoms with Crippen LogP contribution in [0, 0.1) is 5.92 Å². The molecule has 0 aromatic heterocycles. The van der Waals surface area contributed by atoms with Crippen molar-refractivity contribution >= 4 is 7.85 Å². The number of ether oxygens (including phenoxy) is 3. The van der Waals surface area contributed by atoms with E-state index in [0.29, 0.717) is 0 Å². The van der Waals surface area contributed by atoms with Crippen LogP contribution in [0.15, 0.2) is 0 Å². The van der Waals surface area contributed by atoms with Crippen molar-refractivity contribution in [3.8, 4) is 0 Å². The predicted octanol–water partition coefficient (Wildman–Crippen LogP) is -0.0717. The zero-order chi connectivity index (χ0) is 11.6. The number of hydrogen-bond acceptors (Lipinski definition) is 4. The SMILES string of the molecule is [B][C@@H]1O[C@@](CO)(C(C)C)[C@@H](OC)[C@H]1OC. The van der Waals surface area contributed by atoms with Gasteiger partial charge in [-0.3, -0.25) is 0 Å². The molecule has 1 aliphatic rings. The Balaban J connectivity index is 2.98. The second-order valence-corrected chi connectivity index (χ2v) is 4.21. The molecule has 5 heteroatoms. The van der Waals surface area contributed by atoms with Gasteiger partial charge in [-0.25, -0.2) is 0 Å². The van der Waals surface area contributed by atoms with Crippen molar-refractivity contribution in [2.75, 3.05) is 20.8 Å². The third-order valence-corrected chi connectivity index (χ3v) is 3.21. The molecule has 4 nitrogen and oxygen atoms in total. The highest BCUT2D eigenvalue weighted by molar-refractivity contribution is 6.11. The normalized spacial score (nSPS) is 41.3. The van der Waals surface area contributed by atoms with E-state index >= 15 is 0 Å². The fourth-order valence-corrected chi connectivity index (χ4v) is 2.20. The van der Waals surface area contributed by atoms with Crippen molar-refractivity contribution < 1.29 is 19.3 Å². The van der Waals surface area contributed by atoms with Gasteiger partial charge >= 0.3 is 0 Å². The molecular weight excluding hydrogens is 195 g/mol. The average Bonchev–Trinajstić information content (AvgIpc) is 2.50. The second kappa shape index (κ2) is 4.83. The van der Waals surface area contributed by atoms with Crippen LogP contribution in [-0.2, 0) is 14.2 Å². The molecule has 4 atom stereocenters. The van der Waals surface area contributed by atoms with Gasteiger partial charge in [0.25, 0.3) is 0 Å². The molecule has 15 heavy (non-hydrogen) atoms. The summed E-state index contributed by atoms with van der Waals surface area (Å²) in [5.74, 6) is 0.0960. The summed E-state index contributed by atoms with van der Waals surface area (Å²) in [5, 5.41) is 9.50. The zero-order valence-electron chi connectivity index (χ0n) is 9.77. The molecule has 1 heterocycles. The van der Waals surface area contributed by atoms with Crippen molar-refractivity contribution in [3.63, 3.8) is 0 Å². The Morgan fingerprint density at radius 3 is 2.33 bits per heavy atom. The van der Waals surface area contributed by atoms with Gasteiger partial charge in [-0.1, -0.05) is 13.8 Å². The van der Waals surface area contributed by atoms with Gasteiger partial charge in [0, 0.05) is 20.2 Å². The van der Waals surface area contributed by atoms with Crippen molar-refractivity contribution in [1.29, 1.82) is 0 Å². The Morgan fingerprint density at radius 2 is 2.00 bits per heavy atom. The van der Waals surface area contributed by atoms with Crippen LogP contribution >= 0.6 is 0 Å². The maximum Gasteiger partial charge on any atom is 0.121 e. The monoisotopic (exact) mass is 214 g/mol. The van der Waals surface area contributed by atoms with Gasteiger partial charge in [0.05, 0.1) is 6.61 Å². The summed E-state index contributed by atoms with van der Waals surface area (Å²) < 4.78 is 16.3. The van der Waals surface area contributed by atoms with Crippen LogP contribution in [0.3, 0.4) is 0 Å². The minimum absolute atomic E-state index is 0.0960. The van der Waals surface area contributed by atoms with Crippen LogP contribution in [0.4, 0.5) is 0 Å². The molecule has 1 saturated heterocycles. The molecule has 1 N–H and O–H groups in total. The lowest BCUT2D eigenvalue weighted by Crippen LogP contribution is -2.51. The minimum Gasteiger partial charge on any atom is -0.393 e. The molecule has 1 fully saturated rings. The highest BCUT2D eigenvalue weighted by atomic mass is 16.6. The number of methoxy groups -OCH3 is 2. The smallest absolute Gasteiger partial charge is 0.121 e. The molecule has 0 aliphatic carbocycles. The molecule has 0 bridgehead atoms. The van der Waals surface area contributed by atoms with E-state index in [9.17, 15) is 5.11 Å². The predicted molar refractivity (Wildman–Crippen MR) is 56.9 cm³/mol. The van der Waals surface area contributed by atoms with Crippen molar-refractivity contribution in [2.24, 2.45) is 5.92 Å². The molecule has 86 valence electrons. The van der Waals surface area contributed by atoms with E-state index in [1.165, 1.54) is 0 Å². The Bertz CT molecular complexity index is 212. The number of hydrogen-bond donors (Lipinski definition) is 1. The molecule has 1 aliphatic heterocycles. The second-order valence-electron chi connectivity index (χ2n) is 4.21. The Hall–Kier alpha value is -0.0951. The van der Waals surface area contributed by atoms with Crippen LogP contribution in [0.2, 0.25) is 0 Å². The fraction of sp³-hybridized carbons (Fsp3) is 1.00. The van der Waals surface area contributed by atoms with E-state index in [2.05, 4.69) is 0 Å². The molecule has 0 amide bonds. The van der Waals surface area contributed by atoms with Crippen molar-refractivity contribution in [3.05, 3.63) is 0 Å². The van der Waals surface area contributed by atoms with Gasteiger partial charge in [0.1, 0.15) is 25.7 Å². The van der Waals surface area contributed by atoms with Gasteiger partial charge in [-0.2, -0.15) is 0 Å².